The van der Waals surface area contributed by atoms with E-state index in [-0.39, 0.29) is 17.5 Å². The maximum Gasteiger partial charge on any atom is 0.230 e. The van der Waals surface area contributed by atoms with Crippen molar-refractivity contribution in [3.8, 4) is 0 Å². The van der Waals surface area contributed by atoms with E-state index >= 15 is 0 Å². The monoisotopic (exact) mass is 359 g/mol. The van der Waals surface area contributed by atoms with Gasteiger partial charge in [0, 0.05) is 24.8 Å². The average molecular weight is 359 g/mol. The van der Waals surface area contributed by atoms with E-state index in [4.69, 9.17) is 4.98 Å². The van der Waals surface area contributed by atoms with Crippen LogP contribution in [-0.4, -0.2) is 22.3 Å². The Balaban J connectivity index is 1.49. The fraction of sp³-hybridized carbons (Fsp3) is 0.227. The third-order valence-electron chi connectivity index (χ3n) is 5.50. The summed E-state index contributed by atoms with van der Waals surface area (Å²) in [5, 5.41) is 0. The first-order valence-corrected chi connectivity index (χ1v) is 9.19. The van der Waals surface area contributed by atoms with Crippen molar-refractivity contribution in [3.63, 3.8) is 0 Å². The Morgan fingerprint density at radius 3 is 2.70 bits per heavy atom. The van der Waals surface area contributed by atoms with Crippen molar-refractivity contribution >= 4 is 17.4 Å². The smallest absolute Gasteiger partial charge is 0.230 e. The van der Waals surface area contributed by atoms with Gasteiger partial charge in [-0.25, -0.2) is 14.4 Å². The molecule has 1 aromatic heterocycles. The molecule has 0 saturated heterocycles. The molecule has 134 valence electrons. The van der Waals surface area contributed by atoms with Crippen LogP contribution in [0.4, 0.5) is 16.0 Å². The van der Waals surface area contributed by atoms with Gasteiger partial charge >= 0.3 is 0 Å². The van der Waals surface area contributed by atoms with Gasteiger partial charge in [0.15, 0.2) is 5.78 Å². The summed E-state index contributed by atoms with van der Waals surface area (Å²) in [6.45, 7) is 0.841. The highest BCUT2D eigenvalue weighted by atomic mass is 19.1. The zero-order valence-electron chi connectivity index (χ0n) is 14.7. The minimum Gasteiger partial charge on any atom is -0.310 e. The van der Waals surface area contributed by atoms with Gasteiger partial charge in [-0.05, 0) is 48.1 Å². The lowest BCUT2D eigenvalue weighted by atomic mass is 9.82. The van der Waals surface area contributed by atoms with Crippen molar-refractivity contribution in [3.05, 3.63) is 82.9 Å². The van der Waals surface area contributed by atoms with Crippen LogP contribution < -0.4 is 4.90 Å². The van der Waals surface area contributed by atoms with E-state index in [1.807, 2.05) is 12.1 Å². The lowest BCUT2D eigenvalue weighted by Crippen LogP contribution is -2.23. The predicted molar refractivity (Wildman–Crippen MR) is 101 cm³/mol. The molecular weight excluding hydrogens is 341 g/mol. The number of ketones is 1. The van der Waals surface area contributed by atoms with Gasteiger partial charge in [0.25, 0.3) is 0 Å². The van der Waals surface area contributed by atoms with E-state index < -0.39 is 0 Å². The number of fused-ring (bicyclic) bond motifs is 2. The Bertz CT molecular complexity index is 1030. The number of hydrogen-bond donors (Lipinski definition) is 0. The topological polar surface area (TPSA) is 46.1 Å². The summed E-state index contributed by atoms with van der Waals surface area (Å²) < 4.78 is 13.2. The van der Waals surface area contributed by atoms with Crippen LogP contribution >= 0.6 is 0 Å². The van der Waals surface area contributed by atoms with E-state index in [0.717, 1.165) is 29.9 Å². The number of anilines is 2. The van der Waals surface area contributed by atoms with Gasteiger partial charge in [-0.3, -0.25) is 4.79 Å². The van der Waals surface area contributed by atoms with Gasteiger partial charge in [0.2, 0.25) is 5.95 Å². The fourth-order valence-electron chi connectivity index (χ4n) is 4.08. The van der Waals surface area contributed by atoms with Crippen molar-refractivity contribution in [1.29, 1.82) is 0 Å². The average Bonchev–Trinajstić information content (AvgIpc) is 3.12. The first kappa shape index (κ1) is 16.1. The van der Waals surface area contributed by atoms with Crippen molar-refractivity contribution in [2.75, 3.05) is 11.4 Å². The highest BCUT2D eigenvalue weighted by Gasteiger charge is 2.30. The number of rotatable bonds is 2. The van der Waals surface area contributed by atoms with Crippen molar-refractivity contribution in [2.45, 2.75) is 25.2 Å². The number of aromatic nitrogens is 2. The molecule has 1 atom stereocenters. The molecule has 2 aliphatic rings. The summed E-state index contributed by atoms with van der Waals surface area (Å²) in [5.74, 6) is 0.461. The summed E-state index contributed by atoms with van der Waals surface area (Å²) >= 11 is 0. The minimum atomic E-state index is -0.265. The number of halogens is 1. The van der Waals surface area contributed by atoms with Gasteiger partial charge in [0.05, 0.1) is 11.3 Å². The molecule has 1 aliphatic heterocycles. The maximum absolute atomic E-state index is 13.2. The van der Waals surface area contributed by atoms with Gasteiger partial charge in [0.1, 0.15) is 5.82 Å². The molecule has 4 nitrogen and oxygen atoms in total. The highest BCUT2D eigenvalue weighted by Crippen LogP contribution is 2.35. The van der Waals surface area contributed by atoms with Gasteiger partial charge in [-0.1, -0.05) is 30.3 Å². The molecule has 1 aliphatic carbocycles. The summed E-state index contributed by atoms with van der Waals surface area (Å²) in [4.78, 5) is 23.9. The molecule has 0 amide bonds. The van der Waals surface area contributed by atoms with E-state index in [0.29, 0.717) is 24.4 Å². The second-order valence-electron chi connectivity index (χ2n) is 7.14. The number of hydrogen-bond acceptors (Lipinski definition) is 4. The van der Waals surface area contributed by atoms with Crippen LogP contribution in [0.3, 0.4) is 0 Å². The zero-order chi connectivity index (χ0) is 18.4. The SMILES string of the molecule is O=C1C[C@@H](c2ccc(F)cc2)Cc2nc(N3CCc4ccccc43)ncc21. The van der Waals surface area contributed by atoms with E-state index in [9.17, 15) is 9.18 Å². The Kier molecular flexibility index (Phi) is 3.74. The van der Waals surface area contributed by atoms with Crippen LogP contribution in [0.1, 0.15) is 39.5 Å². The van der Waals surface area contributed by atoms with E-state index in [2.05, 4.69) is 22.0 Å². The van der Waals surface area contributed by atoms with E-state index in [1.54, 1.807) is 18.3 Å². The molecule has 0 radical (unpaired) electrons. The second kappa shape index (κ2) is 6.27. The summed E-state index contributed by atoms with van der Waals surface area (Å²) in [6.07, 6.45) is 3.71. The molecule has 0 unspecified atom stereocenters. The van der Waals surface area contributed by atoms with E-state index in [1.165, 1.54) is 17.7 Å². The first-order valence-electron chi connectivity index (χ1n) is 9.19. The number of nitrogens with zero attached hydrogens (tertiary/aromatic N) is 3. The molecule has 3 aromatic rings. The van der Waals surface area contributed by atoms with Gasteiger partial charge in [-0.15, -0.1) is 0 Å². The second-order valence-corrected chi connectivity index (χ2v) is 7.14. The Morgan fingerprint density at radius 2 is 1.85 bits per heavy atom. The summed E-state index contributed by atoms with van der Waals surface area (Å²) in [6, 6.07) is 14.7. The normalized spacial score (nSPS) is 18.3. The lowest BCUT2D eigenvalue weighted by molar-refractivity contribution is 0.0962. The largest absolute Gasteiger partial charge is 0.310 e. The van der Waals surface area contributed by atoms with Gasteiger partial charge < -0.3 is 4.90 Å². The van der Waals surface area contributed by atoms with Crippen molar-refractivity contribution in [1.82, 2.24) is 9.97 Å². The molecule has 2 heterocycles. The third-order valence-corrected chi connectivity index (χ3v) is 5.50. The molecular formula is C22H18FN3O. The molecule has 5 heteroatoms. The molecule has 27 heavy (non-hydrogen) atoms. The summed E-state index contributed by atoms with van der Waals surface area (Å²) in [5.41, 5.74) is 4.80. The Hall–Kier alpha value is -3.08. The Labute approximate surface area is 156 Å². The molecule has 2 aromatic carbocycles. The fourth-order valence-corrected chi connectivity index (χ4v) is 4.08. The van der Waals surface area contributed by atoms with Crippen molar-refractivity contribution in [2.24, 2.45) is 0 Å². The van der Waals surface area contributed by atoms with Crippen LogP contribution in [0.2, 0.25) is 0 Å². The number of carbonyl (C=O) groups excluding carboxylic acids is 1. The van der Waals surface area contributed by atoms with Crippen LogP contribution in [-0.2, 0) is 12.8 Å². The number of Topliss-reactive ketones (excluding diaryl/α,β-unsaturated/α-hetero) is 1. The maximum atomic E-state index is 13.2. The van der Waals surface area contributed by atoms with Gasteiger partial charge in [-0.2, -0.15) is 0 Å². The quantitative estimate of drug-likeness (QED) is 0.687. The summed E-state index contributed by atoms with van der Waals surface area (Å²) in [7, 11) is 0. The van der Waals surface area contributed by atoms with Crippen LogP contribution in [0.25, 0.3) is 0 Å². The molecule has 0 saturated carbocycles. The van der Waals surface area contributed by atoms with Crippen LogP contribution in [0, 0.1) is 5.82 Å². The van der Waals surface area contributed by atoms with Crippen LogP contribution in [0.5, 0.6) is 0 Å². The number of benzene rings is 2. The number of carbonyl (C=O) groups is 1. The lowest BCUT2D eigenvalue weighted by Gasteiger charge is -2.25. The minimum absolute atomic E-state index is 0.0271. The highest BCUT2D eigenvalue weighted by molar-refractivity contribution is 5.98. The zero-order valence-corrected chi connectivity index (χ0v) is 14.7. The molecule has 0 fully saturated rings. The predicted octanol–water partition coefficient (Wildman–Crippen LogP) is 4.22. The van der Waals surface area contributed by atoms with Crippen LogP contribution in [0.15, 0.2) is 54.7 Å². The molecule has 0 spiro atoms. The number of para-hydroxylation sites is 1. The first-order chi connectivity index (χ1) is 13.2. The Morgan fingerprint density at radius 1 is 1.04 bits per heavy atom. The van der Waals surface area contributed by atoms with Crippen molar-refractivity contribution < 1.29 is 9.18 Å². The third kappa shape index (κ3) is 2.79. The standard InChI is InChI=1S/C22H18FN3O/c23-17-7-5-14(6-8-17)16-11-19-18(21(27)12-16)13-24-22(25-19)26-10-9-15-3-1-2-4-20(15)26/h1-8,13,16H,9-12H2/t16-/m0/s1. The molecule has 0 bridgehead atoms. The molecule has 5 rings (SSSR count). The molecule has 0 N–H and O–H groups in total.